The average molecular weight is 435 g/mol. The van der Waals surface area contributed by atoms with E-state index in [0.717, 1.165) is 24.0 Å². The van der Waals surface area contributed by atoms with Crippen LogP contribution in [-0.4, -0.2) is 15.5 Å². The molecule has 0 bridgehead atoms. The number of anilines is 2. The summed E-state index contributed by atoms with van der Waals surface area (Å²) in [6.45, 7) is 6.67. The van der Waals surface area contributed by atoms with E-state index >= 15 is 0 Å². The Bertz CT molecular complexity index is 1180. The molecule has 0 spiro atoms. The largest absolute Gasteiger partial charge is 0.383 e. The van der Waals surface area contributed by atoms with Gasteiger partial charge >= 0.3 is 5.69 Å². The molecule has 3 aromatic rings. The second-order valence-electron chi connectivity index (χ2n) is 8.15. The van der Waals surface area contributed by atoms with Crippen LogP contribution in [0.4, 0.5) is 11.5 Å². The maximum atomic E-state index is 13.6. The van der Waals surface area contributed by atoms with Crippen molar-refractivity contribution >= 4 is 17.4 Å². The molecule has 0 atom stereocenters. The SMILES string of the molecule is CCCCn1c(N)c(N(Cc2ccccc2)C(=O)c2ccc(C(C)C)cc2)c(=O)[nH]c1=O. The van der Waals surface area contributed by atoms with Gasteiger partial charge in [-0.1, -0.05) is 69.7 Å². The molecular formula is C25H30N4O3. The summed E-state index contributed by atoms with van der Waals surface area (Å²) in [6, 6.07) is 16.7. The molecule has 0 aliphatic carbocycles. The average Bonchev–Trinajstić information content (AvgIpc) is 2.78. The van der Waals surface area contributed by atoms with Crippen LogP contribution >= 0.6 is 0 Å². The lowest BCUT2D eigenvalue weighted by Crippen LogP contribution is -2.41. The normalized spacial score (nSPS) is 11.0. The lowest BCUT2D eigenvalue weighted by atomic mass is 10.0. The third-order valence-corrected chi connectivity index (χ3v) is 5.47. The second-order valence-corrected chi connectivity index (χ2v) is 8.15. The number of nitrogens with two attached hydrogens (primary N) is 1. The summed E-state index contributed by atoms with van der Waals surface area (Å²) in [6.07, 6.45) is 1.58. The van der Waals surface area contributed by atoms with Crippen molar-refractivity contribution in [3.8, 4) is 0 Å². The van der Waals surface area contributed by atoms with E-state index in [1.165, 1.54) is 9.47 Å². The van der Waals surface area contributed by atoms with Gasteiger partial charge in [0, 0.05) is 12.1 Å². The Hall–Kier alpha value is -3.61. The number of nitrogen functional groups attached to an aromatic ring is 1. The van der Waals surface area contributed by atoms with E-state index in [-0.39, 0.29) is 24.0 Å². The number of aromatic amines is 1. The molecule has 0 aliphatic heterocycles. The van der Waals surface area contributed by atoms with Crippen LogP contribution in [-0.2, 0) is 13.1 Å². The highest BCUT2D eigenvalue weighted by atomic mass is 16.2. The molecule has 0 aliphatic rings. The highest BCUT2D eigenvalue weighted by molar-refractivity contribution is 6.07. The van der Waals surface area contributed by atoms with Gasteiger partial charge in [-0.15, -0.1) is 0 Å². The van der Waals surface area contributed by atoms with Gasteiger partial charge in [-0.05, 0) is 35.6 Å². The number of aromatic nitrogens is 2. The van der Waals surface area contributed by atoms with Gasteiger partial charge in [-0.25, -0.2) is 4.79 Å². The number of unbranched alkanes of at least 4 members (excludes halogenated alkanes) is 1. The fraction of sp³-hybridized carbons (Fsp3) is 0.320. The summed E-state index contributed by atoms with van der Waals surface area (Å²) in [7, 11) is 0. The molecule has 0 radical (unpaired) electrons. The van der Waals surface area contributed by atoms with Crippen molar-refractivity contribution in [2.24, 2.45) is 0 Å². The van der Waals surface area contributed by atoms with Crippen LogP contribution in [0, 0.1) is 0 Å². The fourth-order valence-corrected chi connectivity index (χ4v) is 3.56. The molecule has 1 amide bonds. The standard InChI is InChI=1S/C25H30N4O3/c1-4-5-15-28-22(26)21(23(30)27-25(28)32)29(16-18-9-7-6-8-10-18)24(31)20-13-11-19(12-14-20)17(2)3/h6-14,17H,4-5,15-16,26H2,1-3H3,(H,27,30,32). The number of hydrogen-bond donors (Lipinski definition) is 2. The van der Waals surface area contributed by atoms with Gasteiger partial charge < -0.3 is 5.73 Å². The molecule has 1 aromatic heterocycles. The Morgan fingerprint density at radius 3 is 2.31 bits per heavy atom. The number of nitrogens with one attached hydrogen (secondary N) is 1. The zero-order chi connectivity index (χ0) is 23.3. The van der Waals surface area contributed by atoms with E-state index in [2.05, 4.69) is 18.8 Å². The van der Waals surface area contributed by atoms with Crippen LogP contribution in [0.5, 0.6) is 0 Å². The van der Waals surface area contributed by atoms with E-state index in [4.69, 9.17) is 5.73 Å². The minimum Gasteiger partial charge on any atom is -0.383 e. The van der Waals surface area contributed by atoms with Crippen molar-refractivity contribution in [1.29, 1.82) is 0 Å². The number of amides is 1. The molecule has 0 saturated carbocycles. The summed E-state index contributed by atoms with van der Waals surface area (Å²) in [4.78, 5) is 42.5. The van der Waals surface area contributed by atoms with Crippen molar-refractivity contribution in [2.45, 2.75) is 52.6 Å². The van der Waals surface area contributed by atoms with Crippen LogP contribution in [0.3, 0.4) is 0 Å². The van der Waals surface area contributed by atoms with Crippen molar-refractivity contribution in [2.75, 3.05) is 10.6 Å². The van der Waals surface area contributed by atoms with E-state index in [9.17, 15) is 14.4 Å². The number of H-pyrrole nitrogens is 1. The third-order valence-electron chi connectivity index (χ3n) is 5.47. The first kappa shape index (κ1) is 23.1. The monoisotopic (exact) mass is 434 g/mol. The molecule has 1 heterocycles. The number of rotatable bonds is 8. The van der Waals surface area contributed by atoms with Crippen molar-refractivity contribution in [1.82, 2.24) is 9.55 Å². The molecule has 0 saturated heterocycles. The van der Waals surface area contributed by atoms with E-state index in [0.29, 0.717) is 18.0 Å². The van der Waals surface area contributed by atoms with Gasteiger partial charge in [-0.2, -0.15) is 0 Å². The molecule has 3 N–H and O–H groups in total. The van der Waals surface area contributed by atoms with Crippen LogP contribution in [0.1, 0.15) is 61.0 Å². The second kappa shape index (κ2) is 10.1. The topological polar surface area (TPSA) is 101 Å². The Labute approximate surface area is 187 Å². The predicted octanol–water partition coefficient (Wildman–Crippen LogP) is 3.89. The smallest absolute Gasteiger partial charge is 0.330 e. The van der Waals surface area contributed by atoms with Crippen LogP contribution in [0.25, 0.3) is 0 Å². The molecule has 7 heteroatoms. The third kappa shape index (κ3) is 4.99. The predicted molar refractivity (Wildman–Crippen MR) is 128 cm³/mol. The van der Waals surface area contributed by atoms with Gasteiger partial charge in [0.1, 0.15) is 5.82 Å². The Morgan fingerprint density at radius 2 is 1.72 bits per heavy atom. The van der Waals surface area contributed by atoms with Gasteiger partial charge in [0.2, 0.25) is 0 Å². The molecule has 7 nitrogen and oxygen atoms in total. The highest BCUT2D eigenvalue weighted by Crippen LogP contribution is 2.23. The Morgan fingerprint density at radius 1 is 1.06 bits per heavy atom. The fourth-order valence-electron chi connectivity index (χ4n) is 3.56. The number of benzene rings is 2. The lowest BCUT2D eigenvalue weighted by Gasteiger charge is -2.25. The zero-order valence-corrected chi connectivity index (χ0v) is 18.8. The number of carbonyl (C=O) groups excluding carboxylic acids is 1. The van der Waals surface area contributed by atoms with Gasteiger partial charge in [0.05, 0.1) is 6.54 Å². The molecular weight excluding hydrogens is 404 g/mol. The van der Waals surface area contributed by atoms with E-state index < -0.39 is 11.2 Å². The van der Waals surface area contributed by atoms with Crippen molar-refractivity contribution < 1.29 is 4.79 Å². The maximum absolute atomic E-state index is 13.6. The zero-order valence-electron chi connectivity index (χ0n) is 18.8. The Kier molecular flexibility index (Phi) is 7.30. The Balaban J connectivity index is 2.12. The van der Waals surface area contributed by atoms with Gasteiger partial charge in [-0.3, -0.25) is 24.0 Å². The van der Waals surface area contributed by atoms with Crippen LogP contribution < -0.4 is 21.9 Å². The maximum Gasteiger partial charge on any atom is 0.330 e. The molecule has 32 heavy (non-hydrogen) atoms. The van der Waals surface area contributed by atoms with Crippen molar-refractivity contribution in [3.05, 3.63) is 92.1 Å². The summed E-state index contributed by atoms with van der Waals surface area (Å²) in [5, 5.41) is 0. The molecule has 2 aromatic carbocycles. The molecule has 168 valence electrons. The highest BCUT2D eigenvalue weighted by Gasteiger charge is 2.25. The van der Waals surface area contributed by atoms with E-state index in [1.807, 2.05) is 49.4 Å². The summed E-state index contributed by atoms with van der Waals surface area (Å²) in [5.41, 5.74) is 7.44. The molecule has 3 rings (SSSR count). The first-order valence-electron chi connectivity index (χ1n) is 10.9. The van der Waals surface area contributed by atoms with Crippen LogP contribution in [0.15, 0.2) is 64.2 Å². The van der Waals surface area contributed by atoms with E-state index in [1.54, 1.807) is 12.1 Å². The van der Waals surface area contributed by atoms with Gasteiger partial charge in [0.25, 0.3) is 11.5 Å². The molecule has 0 fully saturated rings. The first-order valence-corrected chi connectivity index (χ1v) is 10.9. The van der Waals surface area contributed by atoms with Crippen LogP contribution in [0.2, 0.25) is 0 Å². The summed E-state index contributed by atoms with van der Waals surface area (Å²) < 4.78 is 1.33. The number of carbonyl (C=O) groups is 1. The first-order chi connectivity index (χ1) is 15.3. The number of nitrogens with zero attached hydrogens (tertiary/aromatic N) is 2. The quantitative estimate of drug-likeness (QED) is 0.562. The minimum atomic E-state index is -0.677. The van der Waals surface area contributed by atoms with Crippen molar-refractivity contribution in [3.63, 3.8) is 0 Å². The number of hydrogen-bond acceptors (Lipinski definition) is 4. The van der Waals surface area contributed by atoms with Gasteiger partial charge in [0.15, 0.2) is 5.69 Å². The molecule has 0 unspecified atom stereocenters. The minimum absolute atomic E-state index is 0.00437. The lowest BCUT2D eigenvalue weighted by molar-refractivity contribution is 0.0984. The summed E-state index contributed by atoms with van der Waals surface area (Å²) in [5.74, 6) is -0.0301. The summed E-state index contributed by atoms with van der Waals surface area (Å²) >= 11 is 0.